The van der Waals surface area contributed by atoms with Crippen molar-refractivity contribution in [3.05, 3.63) is 50.6 Å². The normalized spacial score (nSPS) is 12.6. The number of alkyl halides is 3. The molecule has 0 saturated carbocycles. The van der Waals surface area contributed by atoms with Gasteiger partial charge in [-0.15, -0.1) is 11.3 Å². The molecule has 20 heavy (non-hydrogen) atoms. The Morgan fingerprint density at radius 2 is 1.90 bits per heavy atom. The third kappa shape index (κ3) is 3.61. The van der Waals surface area contributed by atoms with E-state index in [2.05, 4.69) is 26.5 Å². The predicted molar refractivity (Wildman–Crippen MR) is 79.3 cm³/mol. The Hall–Kier alpha value is -1.34. The van der Waals surface area contributed by atoms with Gasteiger partial charge in [0.25, 0.3) is 0 Å². The molecule has 1 aromatic carbocycles. The molecule has 106 valence electrons. The number of nitrogens with one attached hydrogen (secondary N) is 1. The molecule has 0 spiro atoms. The van der Waals surface area contributed by atoms with Crippen LogP contribution >= 0.6 is 27.3 Å². The van der Waals surface area contributed by atoms with Gasteiger partial charge >= 0.3 is 6.18 Å². The Bertz CT molecular complexity index is 635. The van der Waals surface area contributed by atoms with Gasteiger partial charge < -0.3 is 0 Å². The van der Waals surface area contributed by atoms with Crippen LogP contribution < -0.4 is 5.43 Å². The van der Waals surface area contributed by atoms with Crippen LogP contribution in [0.3, 0.4) is 0 Å². The smallest absolute Gasteiger partial charge is 0.278 e. The minimum Gasteiger partial charge on any atom is -0.278 e. The van der Waals surface area contributed by atoms with Crippen molar-refractivity contribution < 1.29 is 13.2 Å². The quantitative estimate of drug-likeness (QED) is 0.576. The van der Waals surface area contributed by atoms with Crippen LogP contribution in [0.5, 0.6) is 0 Å². The van der Waals surface area contributed by atoms with E-state index in [9.17, 15) is 13.2 Å². The van der Waals surface area contributed by atoms with Crippen molar-refractivity contribution in [2.45, 2.75) is 13.1 Å². The van der Waals surface area contributed by atoms with E-state index < -0.39 is 11.7 Å². The molecule has 1 aromatic heterocycles. The molecule has 2 aromatic rings. The van der Waals surface area contributed by atoms with Crippen LogP contribution in [0.25, 0.3) is 0 Å². The summed E-state index contributed by atoms with van der Waals surface area (Å²) in [7, 11) is 0. The first-order chi connectivity index (χ1) is 9.38. The van der Waals surface area contributed by atoms with Crippen LogP contribution in [0, 0.1) is 0 Å². The number of halogens is 4. The summed E-state index contributed by atoms with van der Waals surface area (Å²) in [5.74, 6) is 0. The number of anilines is 1. The molecule has 0 radical (unpaired) electrons. The molecule has 0 fully saturated rings. The minimum absolute atomic E-state index is 0.0602. The molecule has 7 heteroatoms. The van der Waals surface area contributed by atoms with E-state index in [1.807, 2.05) is 12.1 Å². The number of hydrogen-bond acceptors (Lipinski definition) is 3. The first-order valence-electron chi connectivity index (χ1n) is 5.60. The topological polar surface area (TPSA) is 24.4 Å². The number of hydrogen-bond donors (Lipinski definition) is 1. The summed E-state index contributed by atoms with van der Waals surface area (Å²) in [5.41, 5.74) is 2.32. The molecule has 0 aliphatic heterocycles. The highest BCUT2D eigenvalue weighted by atomic mass is 79.9. The lowest BCUT2D eigenvalue weighted by atomic mass is 10.2. The van der Waals surface area contributed by atoms with Gasteiger partial charge in [0.15, 0.2) is 0 Å². The Morgan fingerprint density at radius 3 is 2.50 bits per heavy atom. The lowest BCUT2D eigenvalue weighted by Crippen LogP contribution is -2.09. The summed E-state index contributed by atoms with van der Waals surface area (Å²) >= 11 is 4.79. The van der Waals surface area contributed by atoms with E-state index in [1.54, 1.807) is 6.92 Å². The number of thiophene rings is 1. The second-order valence-electron chi connectivity index (χ2n) is 3.96. The lowest BCUT2D eigenvalue weighted by Gasteiger charge is -2.12. The van der Waals surface area contributed by atoms with Gasteiger partial charge in [0.05, 0.1) is 25.6 Å². The van der Waals surface area contributed by atoms with Gasteiger partial charge in [-0.1, -0.05) is 12.1 Å². The monoisotopic (exact) mass is 362 g/mol. The van der Waals surface area contributed by atoms with Crippen molar-refractivity contribution in [1.29, 1.82) is 0 Å². The Labute approximate surface area is 126 Å². The summed E-state index contributed by atoms with van der Waals surface area (Å²) in [5, 5.41) is 4.01. The minimum atomic E-state index is -4.40. The lowest BCUT2D eigenvalue weighted by molar-refractivity contribution is -0.136. The summed E-state index contributed by atoms with van der Waals surface area (Å²) in [4.78, 5) is 0.883. The number of nitrogens with zero attached hydrogens (tertiary/aromatic N) is 1. The maximum absolute atomic E-state index is 12.8. The second kappa shape index (κ2) is 5.97. The van der Waals surface area contributed by atoms with E-state index in [1.165, 1.54) is 29.5 Å². The van der Waals surface area contributed by atoms with Crippen LogP contribution in [0.4, 0.5) is 18.9 Å². The van der Waals surface area contributed by atoms with E-state index in [-0.39, 0.29) is 5.69 Å². The number of para-hydroxylation sites is 1. The molecule has 0 saturated heterocycles. The van der Waals surface area contributed by atoms with Crippen molar-refractivity contribution in [2.75, 3.05) is 5.43 Å². The second-order valence-corrected chi connectivity index (χ2v) is 6.42. The Kier molecular flexibility index (Phi) is 4.49. The van der Waals surface area contributed by atoms with Gasteiger partial charge in [-0.05, 0) is 47.1 Å². The Balaban J connectivity index is 2.23. The van der Waals surface area contributed by atoms with E-state index in [0.717, 1.165) is 14.7 Å². The summed E-state index contributed by atoms with van der Waals surface area (Å²) in [6.07, 6.45) is -4.40. The average Bonchev–Trinajstić information content (AvgIpc) is 2.82. The fraction of sp³-hybridized carbons (Fsp3) is 0.154. The molecule has 0 aliphatic carbocycles. The molecule has 1 N–H and O–H groups in total. The van der Waals surface area contributed by atoms with Gasteiger partial charge in [-0.25, -0.2) is 0 Å². The molecule has 0 bridgehead atoms. The number of hydrazone groups is 1. The first-order valence-corrected chi connectivity index (χ1v) is 7.21. The van der Waals surface area contributed by atoms with Crippen molar-refractivity contribution in [3.8, 4) is 0 Å². The summed E-state index contributed by atoms with van der Waals surface area (Å²) in [6, 6.07) is 8.97. The largest absolute Gasteiger partial charge is 0.418 e. The summed E-state index contributed by atoms with van der Waals surface area (Å²) < 4.78 is 39.4. The zero-order valence-electron chi connectivity index (χ0n) is 10.3. The van der Waals surface area contributed by atoms with Crippen molar-refractivity contribution in [2.24, 2.45) is 5.10 Å². The fourth-order valence-corrected chi connectivity index (χ4v) is 2.87. The fourth-order valence-electron chi connectivity index (χ4n) is 1.54. The van der Waals surface area contributed by atoms with Gasteiger partial charge in [0.1, 0.15) is 0 Å². The van der Waals surface area contributed by atoms with Gasteiger partial charge in [0, 0.05) is 0 Å². The predicted octanol–water partition coefficient (Wildman–Crippen LogP) is 5.37. The van der Waals surface area contributed by atoms with Gasteiger partial charge in [-0.2, -0.15) is 18.3 Å². The molecule has 0 amide bonds. The third-order valence-electron chi connectivity index (χ3n) is 2.51. The Morgan fingerprint density at radius 1 is 1.20 bits per heavy atom. The van der Waals surface area contributed by atoms with E-state index in [4.69, 9.17) is 0 Å². The van der Waals surface area contributed by atoms with Crippen LogP contribution in [-0.4, -0.2) is 5.71 Å². The molecular weight excluding hydrogens is 353 g/mol. The maximum atomic E-state index is 12.8. The van der Waals surface area contributed by atoms with Crippen LogP contribution in [0.15, 0.2) is 45.3 Å². The van der Waals surface area contributed by atoms with Crippen molar-refractivity contribution in [3.63, 3.8) is 0 Å². The van der Waals surface area contributed by atoms with Crippen molar-refractivity contribution in [1.82, 2.24) is 0 Å². The van der Waals surface area contributed by atoms with Crippen molar-refractivity contribution >= 4 is 38.7 Å². The summed E-state index contributed by atoms with van der Waals surface area (Å²) in [6.45, 7) is 1.74. The third-order valence-corrected chi connectivity index (χ3v) is 4.24. The SMILES string of the molecule is C/C(=N/Nc1ccccc1C(F)(F)F)c1ccc(Br)s1. The molecule has 0 atom stereocenters. The van der Waals surface area contributed by atoms with Crippen LogP contribution in [-0.2, 0) is 6.18 Å². The molecule has 0 unspecified atom stereocenters. The van der Waals surface area contributed by atoms with E-state index in [0.29, 0.717) is 5.71 Å². The van der Waals surface area contributed by atoms with Gasteiger partial charge in [-0.3, -0.25) is 5.43 Å². The molecule has 1 heterocycles. The van der Waals surface area contributed by atoms with Crippen LogP contribution in [0.1, 0.15) is 17.4 Å². The highest BCUT2D eigenvalue weighted by Gasteiger charge is 2.33. The number of benzene rings is 1. The molecule has 2 rings (SSSR count). The number of rotatable bonds is 3. The highest BCUT2D eigenvalue weighted by molar-refractivity contribution is 9.11. The average molecular weight is 363 g/mol. The van der Waals surface area contributed by atoms with Crippen LogP contribution in [0.2, 0.25) is 0 Å². The zero-order valence-corrected chi connectivity index (χ0v) is 12.7. The molecule has 2 nitrogen and oxygen atoms in total. The zero-order chi connectivity index (χ0) is 14.8. The maximum Gasteiger partial charge on any atom is 0.418 e. The highest BCUT2D eigenvalue weighted by Crippen LogP contribution is 2.34. The van der Waals surface area contributed by atoms with E-state index >= 15 is 0 Å². The standard InChI is InChI=1S/C13H10BrF3N2S/c1-8(11-6-7-12(14)20-11)18-19-10-5-3-2-4-9(10)13(15,16)17/h2-7,19H,1H3/b18-8-. The molecular formula is C13H10BrF3N2S. The first kappa shape index (κ1) is 15.1. The van der Waals surface area contributed by atoms with Gasteiger partial charge in [0.2, 0.25) is 0 Å². The molecule has 0 aliphatic rings.